The van der Waals surface area contributed by atoms with Crippen LogP contribution in [0.4, 0.5) is 10.2 Å². The summed E-state index contributed by atoms with van der Waals surface area (Å²) in [5, 5.41) is 8.88. The van der Waals surface area contributed by atoms with Crippen LogP contribution in [0, 0.1) is 23.1 Å². The summed E-state index contributed by atoms with van der Waals surface area (Å²) in [4.78, 5) is 13.7. The van der Waals surface area contributed by atoms with Crippen LogP contribution in [0.5, 0.6) is 5.88 Å². The Morgan fingerprint density at radius 3 is 3.17 bits per heavy atom. The Labute approximate surface area is 133 Å². The molecule has 1 atom stereocenters. The van der Waals surface area contributed by atoms with Gasteiger partial charge in [0.2, 0.25) is 5.88 Å². The fourth-order valence-corrected chi connectivity index (χ4v) is 2.69. The molecule has 23 heavy (non-hydrogen) atoms. The fraction of sp³-hybridized carbons (Fsp3) is 0.375. The highest BCUT2D eigenvalue weighted by molar-refractivity contribution is 5.38. The Kier molecular flexibility index (Phi) is 4.62. The van der Waals surface area contributed by atoms with Gasteiger partial charge in [0.1, 0.15) is 6.33 Å². The Morgan fingerprint density at radius 1 is 1.43 bits per heavy atom. The van der Waals surface area contributed by atoms with Gasteiger partial charge in [-0.15, -0.1) is 0 Å². The van der Waals surface area contributed by atoms with Crippen LogP contribution in [0.25, 0.3) is 0 Å². The van der Waals surface area contributed by atoms with Gasteiger partial charge in [0.25, 0.3) is 0 Å². The third kappa shape index (κ3) is 3.72. The number of halogens is 1. The van der Waals surface area contributed by atoms with Gasteiger partial charge in [-0.25, -0.2) is 19.3 Å². The lowest BCUT2D eigenvalue weighted by Crippen LogP contribution is -2.38. The van der Waals surface area contributed by atoms with E-state index in [2.05, 4.69) is 21.0 Å². The van der Waals surface area contributed by atoms with E-state index < -0.39 is 5.82 Å². The number of nitrogens with zero attached hydrogens (tertiary/aromatic N) is 5. The molecule has 0 radical (unpaired) electrons. The zero-order valence-corrected chi connectivity index (χ0v) is 12.5. The maximum atomic E-state index is 13.8. The highest BCUT2D eigenvalue weighted by atomic mass is 19.1. The second-order valence-corrected chi connectivity index (χ2v) is 5.45. The van der Waals surface area contributed by atoms with Gasteiger partial charge >= 0.3 is 0 Å². The standard InChI is InChI=1S/C16H16FN5O/c17-14-8-19-11-21-16(14)22-5-1-2-13(9-22)10-23-15-6-12(7-18)3-4-20-15/h3-4,6,8,11,13H,1-2,5,9-10H2. The van der Waals surface area contributed by atoms with Gasteiger partial charge < -0.3 is 9.64 Å². The van der Waals surface area contributed by atoms with Crippen molar-refractivity contribution in [2.45, 2.75) is 12.8 Å². The zero-order valence-electron chi connectivity index (χ0n) is 12.5. The number of piperidine rings is 1. The van der Waals surface area contributed by atoms with Gasteiger partial charge in [0.05, 0.1) is 24.4 Å². The molecule has 3 rings (SSSR count). The van der Waals surface area contributed by atoms with Gasteiger partial charge in [-0.3, -0.25) is 0 Å². The molecule has 6 nitrogen and oxygen atoms in total. The Balaban J connectivity index is 1.61. The predicted octanol–water partition coefficient (Wildman–Crippen LogP) is 2.18. The fourth-order valence-electron chi connectivity index (χ4n) is 2.69. The maximum Gasteiger partial charge on any atom is 0.214 e. The average molecular weight is 313 g/mol. The van der Waals surface area contributed by atoms with Crippen LogP contribution < -0.4 is 9.64 Å². The summed E-state index contributed by atoms with van der Waals surface area (Å²) >= 11 is 0. The van der Waals surface area contributed by atoms with Crippen molar-refractivity contribution < 1.29 is 9.13 Å². The van der Waals surface area contributed by atoms with Crippen molar-refractivity contribution in [1.29, 1.82) is 5.26 Å². The molecule has 1 aliphatic rings. The van der Waals surface area contributed by atoms with Gasteiger partial charge in [0.15, 0.2) is 11.6 Å². The SMILES string of the molecule is N#Cc1ccnc(OCC2CCCN(c3ncncc3F)C2)c1. The molecular weight excluding hydrogens is 297 g/mol. The summed E-state index contributed by atoms with van der Waals surface area (Å²) in [7, 11) is 0. The molecule has 1 aliphatic heterocycles. The summed E-state index contributed by atoms with van der Waals surface area (Å²) in [6.45, 7) is 1.92. The molecule has 0 saturated carbocycles. The molecule has 1 unspecified atom stereocenters. The Bertz CT molecular complexity index is 718. The Hall–Kier alpha value is -2.75. The van der Waals surface area contributed by atoms with Crippen molar-refractivity contribution in [3.63, 3.8) is 0 Å². The molecule has 0 aliphatic carbocycles. The van der Waals surface area contributed by atoms with Crippen molar-refractivity contribution >= 4 is 5.82 Å². The van der Waals surface area contributed by atoms with Crippen LogP contribution in [0.2, 0.25) is 0 Å². The number of anilines is 1. The smallest absolute Gasteiger partial charge is 0.214 e. The highest BCUT2D eigenvalue weighted by Gasteiger charge is 2.23. The molecule has 118 valence electrons. The lowest BCUT2D eigenvalue weighted by atomic mass is 9.99. The van der Waals surface area contributed by atoms with Gasteiger partial charge in [-0.1, -0.05) is 0 Å². The number of nitriles is 1. The molecule has 7 heteroatoms. The topological polar surface area (TPSA) is 74.9 Å². The summed E-state index contributed by atoms with van der Waals surface area (Å²) < 4.78 is 19.5. The van der Waals surface area contributed by atoms with Crippen LogP contribution >= 0.6 is 0 Å². The van der Waals surface area contributed by atoms with E-state index in [1.54, 1.807) is 18.3 Å². The van der Waals surface area contributed by atoms with Crippen LogP contribution in [-0.2, 0) is 0 Å². The van der Waals surface area contributed by atoms with Gasteiger partial charge in [0, 0.05) is 31.3 Å². The number of aromatic nitrogens is 3. The second kappa shape index (κ2) is 7.01. The van der Waals surface area contributed by atoms with E-state index in [1.807, 2.05) is 4.90 Å². The minimum absolute atomic E-state index is 0.255. The predicted molar refractivity (Wildman–Crippen MR) is 81.4 cm³/mol. The summed E-state index contributed by atoms with van der Waals surface area (Å²) in [5.41, 5.74) is 0.517. The van der Waals surface area contributed by atoms with Gasteiger partial charge in [-0.2, -0.15) is 5.26 Å². The molecule has 1 saturated heterocycles. The van der Waals surface area contributed by atoms with Crippen molar-refractivity contribution in [2.75, 3.05) is 24.6 Å². The van der Waals surface area contributed by atoms with Crippen LogP contribution in [0.15, 0.2) is 30.9 Å². The largest absolute Gasteiger partial charge is 0.477 e. The van der Waals surface area contributed by atoms with E-state index in [0.717, 1.165) is 19.4 Å². The third-order valence-electron chi connectivity index (χ3n) is 3.80. The first-order chi connectivity index (χ1) is 11.3. The monoisotopic (exact) mass is 313 g/mol. The van der Waals surface area contributed by atoms with E-state index in [-0.39, 0.29) is 5.92 Å². The molecule has 0 N–H and O–H groups in total. The van der Waals surface area contributed by atoms with Crippen molar-refractivity contribution in [3.8, 4) is 11.9 Å². The van der Waals surface area contributed by atoms with Gasteiger partial charge in [-0.05, 0) is 18.9 Å². The molecule has 1 fully saturated rings. The minimum atomic E-state index is -0.405. The number of hydrogen-bond donors (Lipinski definition) is 0. The highest BCUT2D eigenvalue weighted by Crippen LogP contribution is 2.23. The van der Waals surface area contributed by atoms with Crippen LogP contribution in [0.3, 0.4) is 0 Å². The summed E-state index contributed by atoms with van der Waals surface area (Å²) in [5.74, 6) is 0.631. The quantitative estimate of drug-likeness (QED) is 0.861. The summed E-state index contributed by atoms with van der Waals surface area (Å²) in [6, 6.07) is 5.30. The van der Waals surface area contributed by atoms with Crippen molar-refractivity contribution in [3.05, 3.63) is 42.2 Å². The summed E-state index contributed by atoms with van der Waals surface area (Å²) in [6.07, 6.45) is 6.04. The van der Waals surface area contributed by atoms with E-state index in [1.165, 1.54) is 12.5 Å². The number of rotatable bonds is 4. The molecule has 0 bridgehead atoms. The molecular formula is C16H16FN5O. The van der Waals surface area contributed by atoms with Crippen molar-refractivity contribution in [1.82, 2.24) is 15.0 Å². The molecule has 2 aromatic heterocycles. The van der Waals surface area contributed by atoms with E-state index in [0.29, 0.717) is 30.4 Å². The molecule has 0 aromatic carbocycles. The van der Waals surface area contributed by atoms with E-state index >= 15 is 0 Å². The van der Waals surface area contributed by atoms with Crippen LogP contribution in [0.1, 0.15) is 18.4 Å². The molecule has 3 heterocycles. The first-order valence-corrected chi connectivity index (χ1v) is 7.45. The van der Waals surface area contributed by atoms with E-state index in [4.69, 9.17) is 10.00 Å². The van der Waals surface area contributed by atoms with E-state index in [9.17, 15) is 4.39 Å². The lowest BCUT2D eigenvalue weighted by molar-refractivity contribution is 0.221. The normalized spacial score (nSPS) is 17.6. The first-order valence-electron chi connectivity index (χ1n) is 7.45. The molecule has 0 spiro atoms. The minimum Gasteiger partial charge on any atom is -0.477 e. The third-order valence-corrected chi connectivity index (χ3v) is 3.80. The molecule has 0 amide bonds. The number of pyridine rings is 1. The first kappa shape index (κ1) is 15.2. The average Bonchev–Trinajstić information content (AvgIpc) is 2.61. The second-order valence-electron chi connectivity index (χ2n) is 5.45. The Morgan fingerprint density at radius 2 is 2.35 bits per heavy atom. The number of ether oxygens (including phenoxy) is 1. The van der Waals surface area contributed by atoms with Crippen LogP contribution in [-0.4, -0.2) is 34.6 Å². The maximum absolute atomic E-state index is 13.8. The zero-order chi connectivity index (χ0) is 16.1. The number of hydrogen-bond acceptors (Lipinski definition) is 6. The van der Waals surface area contributed by atoms with Crippen molar-refractivity contribution in [2.24, 2.45) is 5.92 Å². The lowest BCUT2D eigenvalue weighted by Gasteiger charge is -2.33. The molecule has 2 aromatic rings.